The van der Waals surface area contributed by atoms with E-state index in [4.69, 9.17) is 5.11 Å². The van der Waals surface area contributed by atoms with Crippen molar-refractivity contribution in [2.24, 2.45) is 0 Å². The standard InChI is InChI=1S/C11H17N3O4/c1-11(2,4-6-15)13-9(17)7-14-5-3-8(16)12-10(14)18/h3,5,15H,4,6-7H2,1-2H3,(H,13,17)(H,12,16,18). The summed E-state index contributed by atoms with van der Waals surface area (Å²) in [6.07, 6.45) is 1.68. The van der Waals surface area contributed by atoms with Crippen LogP contribution in [0.3, 0.4) is 0 Å². The number of carbonyl (C=O) groups excluding carboxylic acids is 1. The molecule has 1 heterocycles. The number of amides is 1. The molecule has 0 spiro atoms. The van der Waals surface area contributed by atoms with E-state index in [-0.39, 0.29) is 19.1 Å². The maximum absolute atomic E-state index is 11.7. The maximum atomic E-state index is 11.7. The third-order valence-electron chi connectivity index (χ3n) is 2.43. The van der Waals surface area contributed by atoms with Gasteiger partial charge >= 0.3 is 5.69 Å². The van der Waals surface area contributed by atoms with Crippen molar-refractivity contribution in [3.63, 3.8) is 0 Å². The van der Waals surface area contributed by atoms with Crippen LogP contribution in [0.5, 0.6) is 0 Å². The lowest BCUT2D eigenvalue weighted by Crippen LogP contribution is -2.46. The second kappa shape index (κ2) is 5.63. The number of H-pyrrole nitrogens is 1. The van der Waals surface area contributed by atoms with E-state index in [0.717, 1.165) is 4.57 Å². The van der Waals surface area contributed by atoms with Crippen molar-refractivity contribution in [2.75, 3.05) is 6.61 Å². The van der Waals surface area contributed by atoms with Gasteiger partial charge in [-0.25, -0.2) is 4.79 Å². The van der Waals surface area contributed by atoms with Crippen molar-refractivity contribution < 1.29 is 9.90 Å². The molecule has 18 heavy (non-hydrogen) atoms. The Morgan fingerprint density at radius 3 is 2.72 bits per heavy atom. The van der Waals surface area contributed by atoms with Crippen LogP contribution in [0.15, 0.2) is 21.9 Å². The lowest BCUT2D eigenvalue weighted by molar-refractivity contribution is -0.123. The minimum Gasteiger partial charge on any atom is -0.396 e. The molecule has 0 atom stereocenters. The molecule has 0 fully saturated rings. The number of rotatable bonds is 5. The largest absolute Gasteiger partial charge is 0.396 e. The van der Waals surface area contributed by atoms with Crippen molar-refractivity contribution in [1.29, 1.82) is 0 Å². The number of hydrogen-bond donors (Lipinski definition) is 3. The van der Waals surface area contributed by atoms with E-state index in [2.05, 4.69) is 10.3 Å². The minimum atomic E-state index is -0.627. The molecule has 0 aliphatic heterocycles. The van der Waals surface area contributed by atoms with E-state index < -0.39 is 16.8 Å². The highest BCUT2D eigenvalue weighted by molar-refractivity contribution is 5.76. The molecule has 3 N–H and O–H groups in total. The molecule has 1 aromatic rings. The zero-order chi connectivity index (χ0) is 13.8. The highest BCUT2D eigenvalue weighted by Gasteiger charge is 2.19. The Morgan fingerprint density at radius 2 is 2.17 bits per heavy atom. The molecule has 1 rings (SSSR count). The minimum absolute atomic E-state index is 0.0358. The van der Waals surface area contributed by atoms with Crippen LogP contribution < -0.4 is 16.6 Å². The first-order valence-electron chi connectivity index (χ1n) is 5.56. The van der Waals surface area contributed by atoms with Crippen LogP contribution in [0.4, 0.5) is 0 Å². The maximum Gasteiger partial charge on any atom is 0.328 e. The molecule has 0 unspecified atom stereocenters. The first-order chi connectivity index (χ1) is 8.34. The average Bonchev–Trinajstić information content (AvgIpc) is 2.21. The Kier molecular flexibility index (Phi) is 4.43. The molecule has 100 valence electrons. The highest BCUT2D eigenvalue weighted by Crippen LogP contribution is 2.06. The van der Waals surface area contributed by atoms with Crippen LogP contribution in [0.25, 0.3) is 0 Å². The monoisotopic (exact) mass is 255 g/mol. The Hall–Kier alpha value is -1.89. The number of nitrogens with zero attached hydrogens (tertiary/aromatic N) is 1. The van der Waals surface area contributed by atoms with Gasteiger partial charge in [-0.15, -0.1) is 0 Å². The van der Waals surface area contributed by atoms with E-state index >= 15 is 0 Å². The summed E-state index contributed by atoms with van der Waals surface area (Å²) < 4.78 is 1.10. The van der Waals surface area contributed by atoms with Gasteiger partial charge in [-0.3, -0.25) is 19.1 Å². The molecular formula is C11H17N3O4. The number of hydrogen-bond acceptors (Lipinski definition) is 4. The van der Waals surface area contributed by atoms with Crippen LogP contribution in [-0.2, 0) is 11.3 Å². The highest BCUT2D eigenvalue weighted by atomic mass is 16.3. The SMILES string of the molecule is CC(C)(CCO)NC(=O)Cn1ccc(=O)[nH]c1=O. The summed E-state index contributed by atoms with van der Waals surface area (Å²) in [6, 6.07) is 1.17. The predicted molar refractivity (Wildman–Crippen MR) is 65.2 cm³/mol. The van der Waals surface area contributed by atoms with Crippen molar-refractivity contribution in [1.82, 2.24) is 14.9 Å². The van der Waals surface area contributed by atoms with E-state index in [0.29, 0.717) is 6.42 Å². The molecular weight excluding hydrogens is 238 g/mol. The van der Waals surface area contributed by atoms with Gasteiger partial charge in [0.25, 0.3) is 5.56 Å². The van der Waals surface area contributed by atoms with Crippen molar-refractivity contribution in [2.45, 2.75) is 32.4 Å². The third kappa shape index (κ3) is 4.17. The van der Waals surface area contributed by atoms with Gasteiger partial charge in [0.15, 0.2) is 0 Å². The topological polar surface area (TPSA) is 104 Å². The number of carbonyl (C=O) groups is 1. The number of aliphatic hydroxyl groups is 1. The van der Waals surface area contributed by atoms with Gasteiger partial charge < -0.3 is 10.4 Å². The molecule has 1 amide bonds. The third-order valence-corrected chi connectivity index (χ3v) is 2.43. The lowest BCUT2D eigenvalue weighted by Gasteiger charge is -2.25. The van der Waals surface area contributed by atoms with Gasteiger partial charge in [0.1, 0.15) is 6.54 Å². The molecule has 1 aromatic heterocycles. The van der Waals surface area contributed by atoms with E-state index in [1.165, 1.54) is 12.3 Å². The number of aliphatic hydroxyl groups excluding tert-OH is 1. The van der Waals surface area contributed by atoms with Gasteiger partial charge in [0.05, 0.1) is 0 Å². The molecule has 0 radical (unpaired) electrons. The summed E-state index contributed by atoms with van der Waals surface area (Å²) in [6.45, 7) is 3.34. The number of nitrogens with one attached hydrogen (secondary N) is 2. The smallest absolute Gasteiger partial charge is 0.328 e. The number of aromatic nitrogens is 2. The van der Waals surface area contributed by atoms with Gasteiger partial charge in [0.2, 0.25) is 5.91 Å². The zero-order valence-corrected chi connectivity index (χ0v) is 10.4. The molecule has 0 bridgehead atoms. The summed E-state index contributed by atoms with van der Waals surface area (Å²) >= 11 is 0. The molecule has 0 aliphatic rings. The molecule has 0 aliphatic carbocycles. The van der Waals surface area contributed by atoms with E-state index in [1.807, 2.05) is 0 Å². The van der Waals surface area contributed by atoms with E-state index in [9.17, 15) is 14.4 Å². The lowest BCUT2D eigenvalue weighted by atomic mass is 10.0. The van der Waals surface area contributed by atoms with Gasteiger partial charge in [0, 0.05) is 24.4 Å². The Bertz CT molecular complexity index is 530. The van der Waals surface area contributed by atoms with Crippen LogP contribution >= 0.6 is 0 Å². The quantitative estimate of drug-likeness (QED) is 0.615. The zero-order valence-electron chi connectivity index (χ0n) is 10.4. The number of aromatic amines is 1. The van der Waals surface area contributed by atoms with Crippen molar-refractivity contribution in [3.05, 3.63) is 33.1 Å². The Labute approximate surface area is 103 Å². The van der Waals surface area contributed by atoms with Crippen LogP contribution in [-0.4, -0.2) is 32.7 Å². The van der Waals surface area contributed by atoms with Crippen molar-refractivity contribution >= 4 is 5.91 Å². The molecule has 7 heteroatoms. The second-order valence-electron chi connectivity index (χ2n) is 4.64. The fourth-order valence-corrected chi connectivity index (χ4v) is 1.48. The van der Waals surface area contributed by atoms with Gasteiger partial charge in [-0.1, -0.05) is 0 Å². The Balaban J connectivity index is 2.71. The molecule has 0 aromatic carbocycles. The average molecular weight is 255 g/mol. The normalized spacial score (nSPS) is 11.3. The molecule has 0 saturated carbocycles. The molecule has 7 nitrogen and oxygen atoms in total. The Morgan fingerprint density at radius 1 is 1.50 bits per heavy atom. The fourth-order valence-electron chi connectivity index (χ4n) is 1.48. The predicted octanol–water partition coefficient (Wildman–Crippen LogP) is -1.19. The summed E-state index contributed by atoms with van der Waals surface area (Å²) in [5, 5.41) is 11.5. The van der Waals surface area contributed by atoms with Crippen LogP contribution in [0.2, 0.25) is 0 Å². The van der Waals surface area contributed by atoms with Crippen molar-refractivity contribution in [3.8, 4) is 0 Å². The summed E-state index contributed by atoms with van der Waals surface area (Å²) in [4.78, 5) is 36.0. The van der Waals surface area contributed by atoms with Gasteiger partial charge in [-0.2, -0.15) is 0 Å². The second-order valence-corrected chi connectivity index (χ2v) is 4.64. The van der Waals surface area contributed by atoms with Crippen LogP contribution in [0.1, 0.15) is 20.3 Å². The summed E-state index contributed by atoms with van der Waals surface area (Å²) in [7, 11) is 0. The van der Waals surface area contributed by atoms with Crippen LogP contribution in [0, 0.1) is 0 Å². The van der Waals surface area contributed by atoms with Gasteiger partial charge in [-0.05, 0) is 20.3 Å². The molecule has 0 saturated heterocycles. The fraction of sp³-hybridized carbons (Fsp3) is 0.545. The summed E-state index contributed by atoms with van der Waals surface area (Å²) in [5.41, 5.74) is -1.67. The first kappa shape index (κ1) is 14.2. The first-order valence-corrected chi connectivity index (χ1v) is 5.56. The summed E-state index contributed by atoms with van der Waals surface area (Å²) in [5.74, 6) is -0.359. The van der Waals surface area contributed by atoms with E-state index in [1.54, 1.807) is 13.8 Å².